The highest BCUT2D eigenvalue weighted by atomic mass is 16.6. The van der Waals surface area contributed by atoms with E-state index in [1.54, 1.807) is 4.90 Å². The van der Waals surface area contributed by atoms with Crippen molar-refractivity contribution in [1.29, 1.82) is 0 Å². The monoisotopic (exact) mass is 644 g/mol. The van der Waals surface area contributed by atoms with Crippen LogP contribution in [0.1, 0.15) is 46.9 Å². The maximum absolute atomic E-state index is 13.7. The Morgan fingerprint density at radius 3 is 1.54 bits per heavy atom. The summed E-state index contributed by atoms with van der Waals surface area (Å²) in [5.41, 5.74) is 7.62. The minimum absolute atomic E-state index is 0.0772. The molecule has 2 fully saturated rings. The summed E-state index contributed by atoms with van der Waals surface area (Å²) in [5, 5.41) is 2.87. The number of hydrogen-bond donors (Lipinski definition) is 1. The van der Waals surface area contributed by atoms with E-state index >= 15 is 0 Å². The Balaban J connectivity index is 0.964. The summed E-state index contributed by atoms with van der Waals surface area (Å²) in [6.45, 7) is 0.695. The van der Waals surface area contributed by atoms with Gasteiger partial charge in [0.1, 0.15) is 18.8 Å². The Hall–Kier alpha value is -5.15. The molecule has 244 valence electrons. The van der Waals surface area contributed by atoms with Crippen LogP contribution in [0, 0.1) is 0 Å². The standard InChI is InChI=1S/C39H36N2O7/c1-45-36(42)39(40-37(43)47-22-34-30-14-6-2-10-26(30)27-11-3-7-15-31(27)34)18-24-20-46-21-25(19-39)41(24)38(44)48-23-35-32-16-8-4-12-28(32)29-13-5-9-17-33(29)35/h2-17,24-25,34-35H,18-23H2,1H3,(H,40,43). The van der Waals surface area contributed by atoms with Crippen LogP contribution in [-0.4, -0.2) is 74.2 Å². The number of fused-ring (bicyclic) bond motifs is 8. The maximum Gasteiger partial charge on any atom is 0.410 e. The minimum atomic E-state index is -1.39. The lowest BCUT2D eigenvalue weighted by Gasteiger charge is -2.51. The molecule has 2 heterocycles. The number of benzene rings is 4. The van der Waals surface area contributed by atoms with Gasteiger partial charge < -0.3 is 24.3 Å². The molecule has 9 nitrogen and oxygen atoms in total. The number of rotatable bonds is 6. The predicted octanol–water partition coefficient (Wildman–Crippen LogP) is 6.25. The number of nitrogens with one attached hydrogen (secondary N) is 1. The van der Waals surface area contributed by atoms with E-state index in [0.717, 1.165) is 44.5 Å². The average Bonchev–Trinajstić information content (AvgIpc) is 3.61. The first-order valence-corrected chi connectivity index (χ1v) is 16.4. The van der Waals surface area contributed by atoms with Crippen LogP contribution in [0.3, 0.4) is 0 Å². The number of methoxy groups -OCH3 is 1. The summed E-state index contributed by atoms with van der Waals surface area (Å²) in [7, 11) is 1.30. The fourth-order valence-electron chi connectivity index (χ4n) is 8.31. The first-order chi connectivity index (χ1) is 23.5. The number of morpholine rings is 1. The molecule has 2 saturated heterocycles. The molecule has 2 unspecified atom stereocenters. The predicted molar refractivity (Wildman–Crippen MR) is 177 cm³/mol. The molecule has 2 aliphatic carbocycles. The second-order valence-corrected chi connectivity index (χ2v) is 13.0. The van der Waals surface area contributed by atoms with Crippen LogP contribution in [0.2, 0.25) is 0 Å². The lowest BCUT2D eigenvalue weighted by atomic mass is 9.78. The largest absolute Gasteiger partial charge is 0.467 e. The molecule has 9 heteroatoms. The van der Waals surface area contributed by atoms with Crippen LogP contribution in [0.4, 0.5) is 9.59 Å². The van der Waals surface area contributed by atoms with E-state index in [2.05, 4.69) is 53.8 Å². The van der Waals surface area contributed by atoms with Crippen LogP contribution in [0.25, 0.3) is 22.3 Å². The number of carbonyl (C=O) groups is 3. The van der Waals surface area contributed by atoms with Crippen LogP contribution in [0.15, 0.2) is 97.1 Å². The molecule has 0 aromatic heterocycles. The van der Waals surface area contributed by atoms with Crippen molar-refractivity contribution in [3.05, 3.63) is 119 Å². The highest BCUT2D eigenvalue weighted by Gasteiger charge is 2.55. The van der Waals surface area contributed by atoms with Crippen molar-refractivity contribution in [1.82, 2.24) is 10.2 Å². The van der Waals surface area contributed by atoms with Gasteiger partial charge in [-0.1, -0.05) is 97.1 Å². The first-order valence-electron chi connectivity index (χ1n) is 16.4. The third-order valence-electron chi connectivity index (χ3n) is 10.4. The highest BCUT2D eigenvalue weighted by molar-refractivity contribution is 5.87. The number of carbonyl (C=O) groups excluding carboxylic acids is 3. The number of hydrogen-bond acceptors (Lipinski definition) is 7. The van der Waals surface area contributed by atoms with E-state index in [4.69, 9.17) is 18.9 Å². The van der Waals surface area contributed by atoms with Crippen LogP contribution < -0.4 is 5.32 Å². The molecule has 2 bridgehead atoms. The topological polar surface area (TPSA) is 103 Å². The zero-order valence-electron chi connectivity index (χ0n) is 26.6. The molecule has 0 spiro atoms. The Labute approximate surface area is 278 Å². The van der Waals surface area contributed by atoms with E-state index in [1.807, 2.05) is 48.5 Å². The Kier molecular flexibility index (Phi) is 7.64. The SMILES string of the molecule is COC(=O)C1(NC(=O)OCC2c3ccccc3-c3ccccc32)CC2COCC(C1)N2C(=O)OCC1c2ccccc2-c2ccccc21. The number of ether oxygens (including phenoxy) is 4. The molecule has 4 aliphatic rings. The number of amides is 2. The molecular formula is C39H36N2O7. The fourth-order valence-corrected chi connectivity index (χ4v) is 8.31. The lowest BCUT2D eigenvalue weighted by Crippen LogP contribution is -2.70. The van der Waals surface area contributed by atoms with Crippen LogP contribution in [-0.2, 0) is 23.7 Å². The van der Waals surface area contributed by atoms with Crippen LogP contribution in [0.5, 0.6) is 0 Å². The summed E-state index contributed by atoms with van der Waals surface area (Å²) in [6.07, 6.45) is -0.972. The van der Waals surface area contributed by atoms with E-state index in [0.29, 0.717) is 0 Å². The van der Waals surface area contributed by atoms with Gasteiger partial charge in [-0.05, 0) is 44.5 Å². The smallest absolute Gasteiger partial charge is 0.410 e. The van der Waals surface area contributed by atoms with Gasteiger partial charge in [-0.25, -0.2) is 14.4 Å². The van der Waals surface area contributed by atoms with Crippen molar-refractivity contribution in [3.8, 4) is 22.3 Å². The molecule has 1 N–H and O–H groups in total. The van der Waals surface area contributed by atoms with E-state index < -0.39 is 35.8 Å². The summed E-state index contributed by atoms with van der Waals surface area (Å²) >= 11 is 0. The van der Waals surface area contributed by atoms with Gasteiger partial charge in [0.15, 0.2) is 0 Å². The number of nitrogens with zero attached hydrogens (tertiary/aromatic N) is 1. The molecule has 0 saturated carbocycles. The maximum atomic E-state index is 13.7. The molecule has 2 aliphatic heterocycles. The number of piperidine rings is 1. The van der Waals surface area contributed by atoms with Gasteiger partial charge in [-0.3, -0.25) is 4.90 Å². The van der Waals surface area contributed by atoms with Gasteiger partial charge in [-0.15, -0.1) is 0 Å². The van der Waals surface area contributed by atoms with Gasteiger partial charge in [-0.2, -0.15) is 0 Å². The molecule has 48 heavy (non-hydrogen) atoms. The third kappa shape index (κ3) is 5.00. The Morgan fingerprint density at radius 2 is 1.10 bits per heavy atom. The van der Waals surface area contributed by atoms with Gasteiger partial charge in [0.25, 0.3) is 0 Å². The molecule has 0 radical (unpaired) electrons. The van der Waals surface area contributed by atoms with Crippen molar-refractivity contribution < 1.29 is 33.3 Å². The number of alkyl carbamates (subject to hydrolysis) is 1. The van der Waals surface area contributed by atoms with Crippen molar-refractivity contribution in [2.45, 2.75) is 42.3 Å². The van der Waals surface area contributed by atoms with E-state index in [9.17, 15) is 14.4 Å². The zero-order valence-corrected chi connectivity index (χ0v) is 26.6. The average molecular weight is 645 g/mol. The van der Waals surface area contributed by atoms with E-state index in [-0.39, 0.29) is 51.1 Å². The molecule has 2 amide bonds. The van der Waals surface area contributed by atoms with Crippen LogP contribution >= 0.6 is 0 Å². The second-order valence-electron chi connectivity index (χ2n) is 13.0. The van der Waals surface area contributed by atoms with Crippen molar-refractivity contribution in [2.24, 2.45) is 0 Å². The van der Waals surface area contributed by atoms with Gasteiger partial charge in [0.2, 0.25) is 0 Å². The summed E-state index contributed by atoms with van der Waals surface area (Å²) < 4.78 is 22.9. The minimum Gasteiger partial charge on any atom is -0.467 e. The summed E-state index contributed by atoms with van der Waals surface area (Å²) in [5.74, 6) is -0.785. The van der Waals surface area contributed by atoms with Crippen molar-refractivity contribution >= 4 is 18.2 Å². The summed E-state index contributed by atoms with van der Waals surface area (Å²) in [4.78, 5) is 42.2. The zero-order chi connectivity index (χ0) is 32.8. The summed E-state index contributed by atoms with van der Waals surface area (Å²) in [6, 6.07) is 31.6. The first kappa shape index (κ1) is 30.2. The normalized spacial score (nSPS) is 22.1. The van der Waals surface area contributed by atoms with Crippen molar-refractivity contribution in [2.75, 3.05) is 33.5 Å². The van der Waals surface area contributed by atoms with E-state index in [1.165, 1.54) is 7.11 Å². The molecule has 4 aromatic carbocycles. The van der Waals surface area contributed by atoms with Crippen molar-refractivity contribution in [3.63, 3.8) is 0 Å². The third-order valence-corrected chi connectivity index (χ3v) is 10.4. The highest BCUT2D eigenvalue weighted by Crippen LogP contribution is 2.46. The molecule has 8 rings (SSSR count). The van der Waals surface area contributed by atoms with Gasteiger partial charge in [0, 0.05) is 24.7 Å². The van der Waals surface area contributed by atoms with Gasteiger partial charge in [0.05, 0.1) is 32.4 Å². The Bertz CT molecular complexity index is 1800. The molecular weight excluding hydrogens is 608 g/mol. The molecule has 2 atom stereocenters. The quantitative estimate of drug-likeness (QED) is 0.196. The van der Waals surface area contributed by atoms with Gasteiger partial charge >= 0.3 is 18.2 Å². The molecule has 4 aromatic rings. The second kappa shape index (κ2) is 12.1. The fraction of sp³-hybridized carbons (Fsp3) is 0.308. The Morgan fingerprint density at radius 1 is 0.688 bits per heavy atom. The number of esters is 1. The lowest BCUT2D eigenvalue weighted by molar-refractivity contribution is -0.158.